The Labute approximate surface area is 395 Å². The smallest absolute Gasteiger partial charge is 0.305 e. The third kappa shape index (κ3) is 50.3. The average Bonchev–Trinajstić information content (AvgIpc) is 3.28. The highest BCUT2D eigenvalue weighted by Crippen LogP contribution is 2.15. The first-order valence-corrected chi connectivity index (χ1v) is 28.8. The molecule has 0 spiro atoms. The molecule has 0 aliphatic rings. The molecule has 0 aliphatic carbocycles. The van der Waals surface area contributed by atoms with Gasteiger partial charge in [0.1, 0.15) is 5.78 Å². The molecule has 0 aromatic rings. The van der Waals surface area contributed by atoms with Gasteiger partial charge < -0.3 is 19.3 Å². The van der Waals surface area contributed by atoms with Crippen LogP contribution in [0.3, 0.4) is 0 Å². The van der Waals surface area contributed by atoms with Crippen molar-refractivity contribution in [2.45, 2.75) is 297 Å². The van der Waals surface area contributed by atoms with Crippen molar-refractivity contribution in [3.8, 4) is 0 Å². The maximum Gasteiger partial charge on any atom is 0.305 e. The van der Waals surface area contributed by atoms with Gasteiger partial charge in [0.2, 0.25) is 0 Å². The Morgan fingerprint density at radius 3 is 0.889 bits per heavy atom. The van der Waals surface area contributed by atoms with Crippen LogP contribution in [-0.2, 0) is 19.1 Å². The van der Waals surface area contributed by atoms with Crippen molar-refractivity contribution in [3.63, 3.8) is 0 Å². The van der Waals surface area contributed by atoms with E-state index in [2.05, 4.69) is 37.5 Å². The minimum absolute atomic E-state index is 0.00343. The number of carbonyl (C=O) groups is 2. The van der Waals surface area contributed by atoms with Crippen molar-refractivity contribution < 1.29 is 19.1 Å². The van der Waals surface area contributed by atoms with Crippen molar-refractivity contribution in [2.75, 3.05) is 59.1 Å². The third-order valence-electron chi connectivity index (χ3n) is 13.4. The predicted octanol–water partition coefficient (Wildman–Crippen LogP) is 17.2. The largest absolute Gasteiger partial charge is 0.466 e. The quantitative estimate of drug-likeness (QED) is 0.0448. The van der Waals surface area contributed by atoms with Gasteiger partial charge >= 0.3 is 5.97 Å². The Kier molecular flexibility index (Phi) is 52.8. The van der Waals surface area contributed by atoms with Gasteiger partial charge in [0.25, 0.3) is 0 Å². The first-order valence-electron chi connectivity index (χ1n) is 28.8. The number of carbonyl (C=O) groups excluding carboxylic acids is 2. The van der Waals surface area contributed by atoms with Gasteiger partial charge in [-0.05, 0) is 77.5 Å². The SMILES string of the molecule is CCCCCCCCCCC(=O)CCCCCCCN(CCCCCCCC(=O)OCCCCCCCCC)CCOCCN(CCCCCCCCC)CCCCCCCCC. The Balaban J connectivity index is 4.59. The van der Waals surface area contributed by atoms with E-state index in [4.69, 9.17) is 9.47 Å². The molecule has 0 aromatic heterocycles. The van der Waals surface area contributed by atoms with Crippen LogP contribution in [0.2, 0.25) is 0 Å². The summed E-state index contributed by atoms with van der Waals surface area (Å²) in [5.41, 5.74) is 0. The Morgan fingerprint density at radius 1 is 0.286 bits per heavy atom. The van der Waals surface area contributed by atoms with E-state index >= 15 is 0 Å². The monoisotopic (exact) mass is 891 g/mol. The molecule has 0 saturated carbocycles. The van der Waals surface area contributed by atoms with Crippen LogP contribution in [0.25, 0.3) is 0 Å². The highest BCUT2D eigenvalue weighted by molar-refractivity contribution is 5.78. The Hall–Kier alpha value is -0.980. The van der Waals surface area contributed by atoms with Gasteiger partial charge in [-0.1, -0.05) is 227 Å². The standard InChI is InChI=1S/C57H114N2O4/c1-5-9-13-17-21-22-28-36-44-56(60)45-37-29-26-33-41-49-59(50-42-34-27-30-38-46-57(61)63-53-43-35-25-20-16-12-8-4)52-55-62-54-51-58(47-39-31-23-18-14-10-6-2)48-40-32-24-19-15-11-7-3/h5-55H2,1-4H3. The fourth-order valence-electron chi connectivity index (χ4n) is 8.97. The predicted molar refractivity (Wildman–Crippen MR) is 276 cm³/mol. The number of nitrogens with zero attached hydrogens (tertiary/aromatic N) is 2. The Bertz CT molecular complexity index is 835. The molecule has 0 unspecified atom stereocenters. The van der Waals surface area contributed by atoms with Crippen molar-refractivity contribution in [3.05, 3.63) is 0 Å². The molecular formula is C57H114N2O4. The zero-order valence-corrected chi connectivity index (χ0v) is 43.6. The Morgan fingerprint density at radius 2 is 0.556 bits per heavy atom. The van der Waals surface area contributed by atoms with Crippen molar-refractivity contribution >= 4 is 11.8 Å². The first kappa shape index (κ1) is 62.0. The summed E-state index contributed by atoms with van der Waals surface area (Å²) in [6, 6.07) is 0. The highest BCUT2D eigenvalue weighted by Gasteiger charge is 2.09. The lowest BCUT2D eigenvalue weighted by Gasteiger charge is -2.24. The zero-order chi connectivity index (χ0) is 45.8. The molecule has 0 heterocycles. The van der Waals surface area contributed by atoms with Gasteiger partial charge in [0.05, 0.1) is 19.8 Å². The molecule has 0 bridgehead atoms. The van der Waals surface area contributed by atoms with Crippen LogP contribution in [-0.4, -0.2) is 80.6 Å². The summed E-state index contributed by atoms with van der Waals surface area (Å²) in [6.07, 6.45) is 52.2. The maximum absolute atomic E-state index is 12.4. The van der Waals surface area contributed by atoms with Crippen LogP contribution in [0.1, 0.15) is 297 Å². The van der Waals surface area contributed by atoms with E-state index in [-0.39, 0.29) is 5.97 Å². The van der Waals surface area contributed by atoms with Gasteiger partial charge in [0.15, 0.2) is 0 Å². The summed E-state index contributed by atoms with van der Waals surface area (Å²) < 4.78 is 11.9. The van der Waals surface area contributed by atoms with Gasteiger partial charge in [-0.25, -0.2) is 0 Å². The van der Waals surface area contributed by atoms with Crippen molar-refractivity contribution in [1.29, 1.82) is 0 Å². The van der Waals surface area contributed by atoms with Crippen LogP contribution in [0.5, 0.6) is 0 Å². The summed E-state index contributed by atoms with van der Waals surface area (Å²) in [5.74, 6) is 0.487. The molecule has 0 aliphatic heterocycles. The number of esters is 1. The number of rotatable bonds is 55. The minimum Gasteiger partial charge on any atom is -0.466 e. The van der Waals surface area contributed by atoms with Gasteiger partial charge in [0, 0.05) is 32.4 Å². The van der Waals surface area contributed by atoms with E-state index < -0.39 is 0 Å². The van der Waals surface area contributed by atoms with E-state index in [0.29, 0.717) is 18.8 Å². The maximum atomic E-state index is 12.4. The number of ketones is 1. The second-order valence-corrected chi connectivity index (χ2v) is 19.7. The molecule has 376 valence electrons. The van der Waals surface area contributed by atoms with Gasteiger partial charge in [-0.15, -0.1) is 0 Å². The van der Waals surface area contributed by atoms with Crippen LogP contribution in [0.15, 0.2) is 0 Å². The number of ether oxygens (including phenoxy) is 2. The fourth-order valence-corrected chi connectivity index (χ4v) is 8.97. The normalized spacial score (nSPS) is 11.7. The lowest BCUT2D eigenvalue weighted by atomic mass is 10.0. The summed E-state index contributed by atoms with van der Waals surface area (Å²) in [5, 5.41) is 0. The van der Waals surface area contributed by atoms with Crippen molar-refractivity contribution in [2.24, 2.45) is 0 Å². The summed E-state index contributed by atoms with van der Waals surface area (Å²) in [4.78, 5) is 30.0. The molecule has 0 amide bonds. The fraction of sp³-hybridized carbons (Fsp3) is 0.965. The molecule has 6 nitrogen and oxygen atoms in total. The highest BCUT2D eigenvalue weighted by atomic mass is 16.5. The average molecular weight is 892 g/mol. The molecule has 63 heavy (non-hydrogen) atoms. The third-order valence-corrected chi connectivity index (χ3v) is 13.4. The van der Waals surface area contributed by atoms with Gasteiger partial charge in [-0.3, -0.25) is 9.59 Å². The zero-order valence-electron chi connectivity index (χ0n) is 43.6. The number of hydrogen-bond donors (Lipinski definition) is 0. The number of hydrogen-bond acceptors (Lipinski definition) is 6. The topological polar surface area (TPSA) is 59.1 Å². The molecular weight excluding hydrogens is 777 g/mol. The van der Waals surface area contributed by atoms with Crippen LogP contribution >= 0.6 is 0 Å². The second kappa shape index (κ2) is 53.6. The van der Waals surface area contributed by atoms with Crippen LogP contribution in [0.4, 0.5) is 0 Å². The lowest BCUT2D eigenvalue weighted by molar-refractivity contribution is -0.143. The summed E-state index contributed by atoms with van der Waals surface area (Å²) in [6.45, 7) is 18.2. The summed E-state index contributed by atoms with van der Waals surface area (Å²) >= 11 is 0. The molecule has 0 rings (SSSR count). The molecule has 0 radical (unpaired) electrons. The van der Waals surface area contributed by atoms with E-state index in [1.807, 2.05) is 0 Å². The first-order chi connectivity index (χ1) is 31.1. The minimum atomic E-state index is -0.00343. The molecule has 0 aromatic carbocycles. The molecule has 0 fully saturated rings. The molecule has 0 atom stereocenters. The molecule has 6 heteroatoms. The second-order valence-electron chi connectivity index (χ2n) is 19.7. The van der Waals surface area contributed by atoms with E-state index in [1.165, 1.54) is 231 Å². The molecule has 0 N–H and O–H groups in total. The van der Waals surface area contributed by atoms with E-state index in [1.54, 1.807) is 0 Å². The van der Waals surface area contributed by atoms with Crippen LogP contribution < -0.4 is 0 Å². The van der Waals surface area contributed by atoms with E-state index in [0.717, 1.165) is 84.3 Å². The lowest BCUT2D eigenvalue weighted by Crippen LogP contribution is -2.32. The van der Waals surface area contributed by atoms with Gasteiger partial charge in [-0.2, -0.15) is 0 Å². The number of Topliss-reactive ketones (excluding diaryl/α,β-unsaturated/α-hetero) is 1. The molecule has 0 saturated heterocycles. The number of unbranched alkanes of at least 4 members (excludes halogenated alkanes) is 33. The van der Waals surface area contributed by atoms with E-state index in [9.17, 15) is 9.59 Å². The van der Waals surface area contributed by atoms with Crippen molar-refractivity contribution in [1.82, 2.24) is 9.80 Å². The van der Waals surface area contributed by atoms with Crippen LogP contribution in [0, 0.1) is 0 Å². The summed E-state index contributed by atoms with van der Waals surface area (Å²) in [7, 11) is 0.